The quantitative estimate of drug-likeness (QED) is 0.416. The molecule has 0 saturated heterocycles. The standard InChI is InChI=1S/C11H22N4O4/c1-8(9(18)12-4-6-16)14-15-11(2,3)10(19)13-5-7-17/h8,16-17H,4-7H2,1-3H3,(H,12,18)(H,13,19)/b15-14-. The summed E-state index contributed by atoms with van der Waals surface area (Å²) in [6, 6.07) is -0.739. The molecule has 2 amide bonds. The van der Waals surface area contributed by atoms with Gasteiger partial charge in [0.25, 0.3) is 0 Å². The van der Waals surface area contributed by atoms with Crippen LogP contribution in [0.3, 0.4) is 0 Å². The van der Waals surface area contributed by atoms with Crippen LogP contribution in [-0.4, -0.2) is 59.9 Å². The van der Waals surface area contributed by atoms with Gasteiger partial charge in [-0.05, 0) is 20.8 Å². The first kappa shape index (κ1) is 17.5. The third-order valence-electron chi connectivity index (χ3n) is 2.22. The van der Waals surface area contributed by atoms with E-state index in [1.165, 1.54) is 6.92 Å². The van der Waals surface area contributed by atoms with Gasteiger partial charge in [-0.2, -0.15) is 10.2 Å². The van der Waals surface area contributed by atoms with Crippen molar-refractivity contribution in [1.82, 2.24) is 10.6 Å². The Labute approximate surface area is 112 Å². The molecule has 8 nitrogen and oxygen atoms in total. The van der Waals surface area contributed by atoms with Crippen LogP contribution in [0.5, 0.6) is 0 Å². The molecule has 8 heteroatoms. The van der Waals surface area contributed by atoms with E-state index in [4.69, 9.17) is 10.2 Å². The highest BCUT2D eigenvalue weighted by Gasteiger charge is 2.27. The molecule has 0 saturated carbocycles. The first-order valence-corrected chi connectivity index (χ1v) is 6.05. The van der Waals surface area contributed by atoms with Crippen molar-refractivity contribution in [3.63, 3.8) is 0 Å². The van der Waals surface area contributed by atoms with Crippen molar-refractivity contribution in [2.24, 2.45) is 10.2 Å². The maximum absolute atomic E-state index is 11.7. The molecule has 0 aromatic rings. The van der Waals surface area contributed by atoms with E-state index >= 15 is 0 Å². The highest BCUT2D eigenvalue weighted by molar-refractivity contribution is 5.85. The lowest BCUT2D eigenvalue weighted by molar-refractivity contribution is -0.126. The number of amides is 2. The number of nitrogens with one attached hydrogen (secondary N) is 2. The molecule has 1 unspecified atom stereocenters. The van der Waals surface area contributed by atoms with Crippen molar-refractivity contribution >= 4 is 11.8 Å². The van der Waals surface area contributed by atoms with Crippen molar-refractivity contribution in [2.45, 2.75) is 32.4 Å². The zero-order valence-electron chi connectivity index (χ0n) is 11.5. The van der Waals surface area contributed by atoms with E-state index in [0.29, 0.717) is 0 Å². The summed E-state index contributed by atoms with van der Waals surface area (Å²) in [6.45, 7) is 4.65. The van der Waals surface area contributed by atoms with Crippen molar-refractivity contribution in [2.75, 3.05) is 26.3 Å². The van der Waals surface area contributed by atoms with E-state index in [1.54, 1.807) is 13.8 Å². The first-order chi connectivity index (χ1) is 8.85. The molecule has 0 bridgehead atoms. The summed E-state index contributed by atoms with van der Waals surface area (Å²) in [7, 11) is 0. The molecule has 1 atom stereocenters. The number of carbonyl (C=O) groups is 2. The van der Waals surface area contributed by atoms with Gasteiger partial charge < -0.3 is 20.8 Å². The Morgan fingerprint density at radius 1 is 1.16 bits per heavy atom. The molecule has 0 rings (SSSR count). The lowest BCUT2D eigenvalue weighted by Crippen LogP contribution is -2.42. The zero-order chi connectivity index (χ0) is 14.9. The third kappa shape index (κ3) is 6.82. The lowest BCUT2D eigenvalue weighted by atomic mass is 10.1. The Bertz CT molecular complexity index is 331. The minimum Gasteiger partial charge on any atom is -0.395 e. The van der Waals surface area contributed by atoms with Crippen LogP contribution in [0, 0.1) is 0 Å². The summed E-state index contributed by atoms with van der Waals surface area (Å²) < 4.78 is 0. The molecule has 0 heterocycles. The van der Waals surface area contributed by atoms with Gasteiger partial charge in [-0.3, -0.25) is 9.59 Å². The Morgan fingerprint density at radius 3 is 2.21 bits per heavy atom. The molecule has 0 aliphatic carbocycles. The molecule has 110 valence electrons. The highest BCUT2D eigenvalue weighted by Crippen LogP contribution is 2.10. The van der Waals surface area contributed by atoms with Crippen LogP contribution in [0.1, 0.15) is 20.8 Å². The van der Waals surface area contributed by atoms with Gasteiger partial charge in [0.15, 0.2) is 5.54 Å². The molecule has 0 fully saturated rings. The second-order valence-electron chi connectivity index (χ2n) is 4.44. The molecule has 4 N–H and O–H groups in total. The lowest BCUT2D eigenvalue weighted by Gasteiger charge is -2.17. The fraction of sp³-hybridized carbons (Fsp3) is 0.818. The van der Waals surface area contributed by atoms with Crippen LogP contribution in [0.4, 0.5) is 0 Å². The Balaban J connectivity index is 4.42. The smallest absolute Gasteiger partial charge is 0.249 e. The van der Waals surface area contributed by atoms with Crippen molar-refractivity contribution < 1.29 is 19.8 Å². The minimum atomic E-state index is -1.11. The summed E-state index contributed by atoms with van der Waals surface area (Å²) >= 11 is 0. The summed E-state index contributed by atoms with van der Waals surface area (Å²) in [5.74, 6) is -0.752. The number of hydrogen-bond donors (Lipinski definition) is 4. The predicted molar refractivity (Wildman–Crippen MR) is 68.6 cm³/mol. The monoisotopic (exact) mass is 274 g/mol. The molecule has 0 aromatic heterocycles. The van der Waals surface area contributed by atoms with Gasteiger partial charge in [0.05, 0.1) is 13.2 Å². The predicted octanol–water partition coefficient (Wildman–Crippen LogP) is -1.18. The van der Waals surface area contributed by atoms with Crippen LogP contribution in [0.15, 0.2) is 10.2 Å². The van der Waals surface area contributed by atoms with Crippen molar-refractivity contribution in [1.29, 1.82) is 0 Å². The van der Waals surface area contributed by atoms with Crippen LogP contribution in [0.25, 0.3) is 0 Å². The highest BCUT2D eigenvalue weighted by atomic mass is 16.3. The van der Waals surface area contributed by atoms with E-state index in [2.05, 4.69) is 20.9 Å². The van der Waals surface area contributed by atoms with Gasteiger partial charge in [-0.15, -0.1) is 0 Å². The largest absolute Gasteiger partial charge is 0.395 e. The number of rotatable bonds is 8. The molecule has 0 aromatic carbocycles. The maximum atomic E-state index is 11.7. The summed E-state index contributed by atoms with van der Waals surface area (Å²) in [5, 5.41) is 29.8. The average molecular weight is 274 g/mol. The van der Waals surface area contributed by atoms with Crippen LogP contribution >= 0.6 is 0 Å². The van der Waals surface area contributed by atoms with Gasteiger partial charge in [0.2, 0.25) is 11.8 Å². The molecule has 0 radical (unpaired) electrons. The fourth-order valence-electron chi connectivity index (χ4n) is 1.04. The van der Waals surface area contributed by atoms with Gasteiger partial charge in [0, 0.05) is 13.1 Å². The Kier molecular flexibility index (Phi) is 7.85. The topological polar surface area (TPSA) is 123 Å². The zero-order valence-corrected chi connectivity index (χ0v) is 11.5. The molecule has 0 aliphatic heterocycles. The van der Waals surface area contributed by atoms with E-state index in [1.807, 2.05) is 0 Å². The normalized spacial score (nSPS) is 13.3. The van der Waals surface area contributed by atoms with E-state index in [0.717, 1.165) is 0 Å². The fourth-order valence-corrected chi connectivity index (χ4v) is 1.04. The van der Waals surface area contributed by atoms with E-state index in [9.17, 15) is 9.59 Å². The second kappa shape index (κ2) is 8.54. The van der Waals surface area contributed by atoms with Gasteiger partial charge >= 0.3 is 0 Å². The van der Waals surface area contributed by atoms with Crippen molar-refractivity contribution in [3.8, 4) is 0 Å². The molecule has 0 spiro atoms. The van der Waals surface area contributed by atoms with E-state index in [-0.39, 0.29) is 38.1 Å². The number of carbonyl (C=O) groups excluding carboxylic acids is 2. The van der Waals surface area contributed by atoms with Crippen LogP contribution in [-0.2, 0) is 9.59 Å². The Morgan fingerprint density at radius 2 is 1.68 bits per heavy atom. The summed E-state index contributed by atoms with van der Waals surface area (Å²) in [6.07, 6.45) is 0. The maximum Gasteiger partial charge on any atom is 0.249 e. The third-order valence-corrected chi connectivity index (χ3v) is 2.22. The molecule has 19 heavy (non-hydrogen) atoms. The van der Waals surface area contributed by atoms with Crippen LogP contribution < -0.4 is 10.6 Å². The van der Waals surface area contributed by atoms with Gasteiger partial charge in [-0.1, -0.05) is 0 Å². The summed E-state index contributed by atoms with van der Waals surface area (Å²) in [4.78, 5) is 23.1. The Hall–Kier alpha value is -1.54. The number of hydrogen-bond acceptors (Lipinski definition) is 6. The average Bonchev–Trinajstić information content (AvgIpc) is 2.39. The molecule has 0 aliphatic rings. The summed E-state index contributed by atoms with van der Waals surface area (Å²) in [5.41, 5.74) is -1.11. The van der Waals surface area contributed by atoms with Crippen LogP contribution in [0.2, 0.25) is 0 Å². The van der Waals surface area contributed by atoms with Gasteiger partial charge in [-0.25, -0.2) is 0 Å². The molecular formula is C11H22N4O4. The van der Waals surface area contributed by atoms with Gasteiger partial charge in [0.1, 0.15) is 6.04 Å². The number of aliphatic hydroxyl groups is 2. The van der Waals surface area contributed by atoms with E-state index < -0.39 is 11.6 Å². The molecular weight excluding hydrogens is 252 g/mol. The SMILES string of the molecule is CC(/N=N\C(C)(C)C(=O)NCCO)C(=O)NCCO. The number of azo groups is 1. The van der Waals surface area contributed by atoms with Crippen molar-refractivity contribution in [3.05, 3.63) is 0 Å². The number of nitrogens with zero attached hydrogens (tertiary/aromatic N) is 2. The second-order valence-corrected chi connectivity index (χ2v) is 4.44. The minimum absolute atomic E-state index is 0.143. The number of aliphatic hydroxyl groups excluding tert-OH is 2. The first-order valence-electron chi connectivity index (χ1n) is 6.05.